The summed E-state index contributed by atoms with van der Waals surface area (Å²) in [5, 5.41) is 0. The van der Waals surface area contributed by atoms with Crippen LogP contribution in [0.15, 0.2) is 30.3 Å². The van der Waals surface area contributed by atoms with Gasteiger partial charge in [0.25, 0.3) is 0 Å². The highest BCUT2D eigenvalue weighted by Crippen LogP contribution is 2.23. The fraction of sp³-hybridized carbons (Fsp3) is 0.500. The molecule has 0 spiro atoms. The van der Waals surface area contributed by atoms with E-state index in [1.54, 1.807) is 7.11 Å². The van der Waals surface area contributed by atoms with Crippen LogP contribution >= 0.6 is 0 Å². The maximum atomic E-state index is 5.45. The van der Waals surface area contributed by atoms with Gasteiger partial charge in [0.15, 0.2) is 0 Å². The lowest BCUT2D eigenvalue weighted by Gasteiger charge is -2.17. The Morgan fingerprint density at radius 3 is 2.23 bits per heavy atom. The van der Waals surface area contributed by atoms with Crippen LogP contribution < -0.4 is 0 Å². The Morgan fingerprint density at radius 1 is 1.15 bits per heavy atom. The minimum atomic E-state index is 0.251. The van der Waals surface area contributed by atoms with E-state index in [1.165, 1.54) is 5.56 Å². The molecule has 0 aliphatic rings. The molecule has 1 unspecified atom stereocenters. The van der Waals surface area contributed by atoms with Gasteiger partial charge in [-0.2, -0.15) is 0 Å². The van der Waals surface area contributed by atoms with Gasteiger partial charge in [-0.25, -0.2) is 0 Å². The Bertz CT molecular complexity index is 228. The van der Waals surface area contributed by atoms with Crippen LogP contribution in [-0.4, -0.2) is 7.11 Å². The first-order chi connectivity index (χ1) is 6.24. The Kier molecular flexibility index (Phi) is 3.97. The molecule has 1 aromatic carbocycles. The topological polar surface area (TPSA) is 9.23 Å². The van der Waals surface area contributed by atoms with E-state index < -0.39 is 0 Å². The smallest absolute Gasteiger partial charge is 0.0823 e. The first-order valence-corrected chi connectivity index (χ1v) is 4.81. The normalized spacial score (nSPS) is 13.2. The zero-order valence-electron chi connectivity index (χ0n) is 8.66. The minimum absolute atomic E-state index is 0.251. The molecule has 0 bridgehead atoms. The molecule has 0 radical (unpaired) electrons. The predicted molar refractivity (Wildman–Crippen MR) is 55.6 cm³/mol. The first-order valence-electron chi connectivity index (χ1n) is 4.81. The van der Waals surface area contributed by atoms with E-state index in [0.29, 0.717) is 5.92 Å². The van der Waals surface area contributed by atoms with E-state index in [1.807, 2.05) is 6.07 Å². The largest absolute Gasteiger partial charge is 0.377 e. The number of hydrogen-bond acceptors (Lipinski definition) is 1. The maximum Gasteiger partial charge on any atom is 0.0823 e. The summed E-state index contributed by atoms with van der Waals surface area (Å²) in [6.07, 6.45) is 1.33. The van der Waals surface area contributed by atoms with Crippen molar-refractivity contribution in [3.8, 4) is 0 Å². The minimum Gasteiger partial charge on any atom is -0.377 e. The molecule has 0 fully saturated rings. The number of benzene rings is 1. The Labute approximate surface area is 80.7 Å². The van der Waals surface area contributed by atoms with Gasteiger partial charge in [-0.1, -0.05) is 44.2 Å². The van der Waals surface area contributed by atoms with Gasteiger partial charge in [-0.15, -0.1) is 0 Å². The molecular formula is C12H18O. The fourth-order valence-corrected chi connectivity index (χ4v) is 1.46. The van der Waals surface area contributed by atoms with Crippen molar-refractivity contribution in [2.45, 2.75) is 26.4 Å². The molecule has 0 heterocycles. The highest BCUT2D eigenvalue weighted by Gasteiger charge is 2.11. The van der Waals surface area contributed by atoms with E-state index in [9.17, 15) is 0 Å². The molecule has 1 aromatic rings. The molecule has 0 aliphatic carbocycles. The third-order valence-corrected chi connectivity index (χ3v) is 2.14. The van der Waals surface area contributed by atoms with Crippen molar-refractivity contribution in [2.75, 3.05) is 7.11 Å². The van der Waals surface area contributed by atoms with Crippen molar-refractivity contribution < 1.29 is 4.74 Å². The van der Waals surface area contributed by atoms with Crippen molar-refractivity contribution in [2.24, 2.45) is 5.92 Å². The highest BCUT2D eigenvalue weighted by atomic mass is 16.5. The molecule has 0 saturated carbocycles. The van der Waals surface area contributed by atoms with Crippen LogP contribution in [0.25, 0.3) is 0 Å². The summed E-state index contributed by atoms with van der Waals surface area (Å²) in [6, 6.07) is 10.4. The summed E-state index contributed by atoms with van der Waals surface area (Å²) in [6.45, 7) is 4.43. The van der Waals surface area contributed by atoms with Gasteiger partial charge in [-0.05, 0) is 17.9 Å². The van der Waals surface area contributed by atoms with Gasteiger partial charge in [-0.3, -0.25) is 0 Å². The lowest BCUT2D eigenvalue weighted by atomic mass is 10.00. The molecule has 72 valence electrons. The highest BCUT2D eigenvalue weighted by molar-refractivity contribution is 5.17. The average Bonchev–Trinajstić information content (AvgIpc) is 2.15. The molecule has 13 heavy (non-hydrogen) atoms. The summed E-state index contributed by atoms with van der Waals surface area (Å²) in [5.41, 5.74) is 1.28. The predicted octanol–water partition coefficient (Wildman–Crippen LogP) is 3.42. The van der Waals surface area contributed by atoms with Gasteiger partial charge >= 0.3 is 0 Å². The number of ether oxygens (including phenoxy) is 1. The maximum absolute atomic E-state index is 5.45. The molecule has 0 aliphatic heterocycles. The molecule has 1 nitrogen and oxygen atoms in total. The summed E-state index contributed by atoms with van der Waals surface area (Å²) in [5.74, 6) is 0.671. The van der Waals surface area contributed by atoms with E-state index in [4.69, 9.17) is 4.74 Å². The van der Waals surface area contributed by atoms with Crippen molar-refractivity contribution in [1.29, 1.82) is 0 Å². The van der Waals surface area contributed by atoms with Crippen molar-refractivity contribution >= 4 is 0 Å². The van der Waals surface area contributed by atoms with Crippen LogP contribution in [0.1, 0.15) is 31.9 Å². The SMILES string of the molecule is COC(CC(C)C)c1ccccc1. The van der Waals surface area contributed by atoms with E-state index in [-0.39, 0.29) is 6.10 Å². The third-order valence-electron chi connectivity index (χ3n) is 2.14. The Hall–Kier alpha value is -0.820. The van der Waals surface area contributed by atoms with Gasteiger partial charge in [0.2, 0.25) is 0 Å². The Morgan fingerprint density at radius 2 is 1.77 bits per heavy atom. The molecule has 1 rings (SSSR count). The summed E-state index contributed by atoms with van der Waals surface area (Å²) in [4.78, 5) is 0. The third kappa shape index (κ3) is 3.19. The number of hydrogen-bond donors (Lipinski definition) is 0. The molecule has 0 N–H and O–H groups in total. The lowest BCUT2D eigenvalue weighted by molar-refractivity contribution is 0.0846. The quantitative estimate of drug-likeness (QED) is 0.686. The van der Waals surface area contributed by atoms with Crippen LogP contribution in [0.3, 0.4) is 0 Å². The van der Waals surface area contributed by atoms with Crippen molar-refractivity contribution in [1.82, 2.24) is 0 Å². The van der Waals surface area contributed by atoms with Crippen molar-refractivity contribution in [3.05, 3.63) is 35.9 Å². The van der Waals surface area contributed by atoms with E-state index in [0.717, 1.165) is 6.42 Å². The lowest BCUT2D eigenvalue weighted by Crippen LogP contribution is -2.04. The second-order valence-electron chi connectivity index (χ2n) is 3.76. The Balaban J connectivity index is 2.67. The molecule has 0 amide bonds. The molecule has 1 atom stereocenters. The zero-order chi connectivity index (χ0) is 9.68. The molecular weight excluding hydrogens is 160 g/mol. The number of rotatable bonds is 4. The van der Waals surface area contributed by atoms with Crippen LogP contribution in [0, 0.1) is 5.92 Å². The summed E-state index contributed by atoms with van der Waals surface area (Å²) in [7, 11) is 1.78. The van der Waals surface area contributed by atoms with Gasteiger partial charge < -0.3 is 4.74 Å². The fourth-order valence-electron chi connectivity index (χ4n) is 1.46. The van der Waals surface area contributed by atoms with Crippen LogP contribution in [0.2, 0.25) is 0 Å². The summed E-state index contributed by atoms with van der Waals surface area (Å²) >= 11 is 0. The summed E-state index contributed by atoms with van der Waals surface area (Å²) < 4.78 is 5.45. The molecule has 0 aromatic heterocycles. The van der Waals surface area contributed by atoms with Crippen LogP contribution in [0.5, 0.6) is 0 Å². The zero-order valence-corrected chi connectivity index (χ0v) is 8.66. The monoisotopic (exact) mass is 178 g/mol. The molecule has 1 heteroatoms. The van der Waals surface area contributed by atoms with Gasteiger partial charge in [0.1, 0.15) is 0 Å². The van der Waals surface area contributed by atoms with Crippen LogP contribution in [0.4, 0.5) is 0 Å². The van der Waals surface area contributed by atoms with Crippen molar-refractivity contribution in [3.63, 3.8) is 0 Å². The second kappa shape index (κ2) is 5.03. The van der Waals surface area contributed by atoms with E-state index >= 15 is 0 Å². The van der Waals surface area contributed by atoms with Gasteiger partial charge in [0.05, 0.1) is 6.10 Å². The van der Waals surface area contributed by atoms with Gasteiger partial charge in [0, 0.05) is 7.11 Å². The second-order valence-corrected chi connectivity index (χ2v) is 3.76. The van der Waals surface area contributed by atoms with Crippen LogP contribution in [-0.2, 0) is 4.74 Å². The first kappa shape index (κ1) is 10.3. The standard InChI is InChI=1S/C12H18O/c1-10(2)9-12(13-3)11-7-5-4-6-8-11/h4-8,10,12H,9H2,1-3H3. The number of methoxy groups -OCH3 is 1. The molecule has 0 saturated heterocycles. The van der Waals surface area contributed by atoms with E-state index in [2.05, 4.69) is 38.1 Å². The average molecular weight is 178 g/mol.